The number of para-hydroxylation sites is 2. The molecule has 0 amide bonds. The highest BCUT2D eigenvalue weighted by molar-refractivity contribution is 5.81. The summed E-state index contributed by atoms with van der Waals surface area (Å²) in [4.78, 5) is 12.9. The molecule has 4 nitrogen and oxygen atoms in total. The molecule has 0 atom stereocenters. The lowest BCUT2D eigenvalue weighted by molar-refractivity contribution is -0.384. The van der Waals surface area contributed by atoms with Crippen molar-refractivity contribution in [3.05, 3.63) is 93.5 Å². The quantitative estimate of drug-likeness (QED) is 0.435. The Morgan fingerprint density at radius 1 is 0.720 bits per heavy atom. The van der Waals surface area contributed by atoms with E-state index in [9.17, 15) is 10.1 Å². The zero-order valence-electron chi connectivity index (χ0n) is 14.6. The number of anilines is 3. The molecule has 0 aliphatic heterocycles. The van der Waals surface area contributed by atoms with E-state index in [0.717, 1.165) is 33.8 Å². The first-order valence-electron chi connectivity index (χ1n) is 8.15. The van der Waals surface area contributed by atoms with E-state index in [1.807, 2.05) is 37.3 Å². The van der Waals surface area contributed by atoms with E-state index in [1.165, 1.54) is 0 Å². The summed E-state index contributed by atoms with van der Waals surface area (Å²) in [6.45, 7) is 6.05. The number of hydrogen-bond donors (Lipinski definition) is 0. The molecule has 0 saturated carbocycles. The Kier molecular flexibility index (Phi) is 4.52. The second kappa shape index (κ2) is 6.77. The van der Waals surface area contributed by atoms with Gasteiger partial charge in [-0.15, -0.1) is 0 Å². The molecule has 3 aromatic rings. The standard InChI is InChI=1S/C21H20N2O2/c1-15-8-4-6-10-19(15)22(20-11-7-5-9-16(20)2)21-13-12-18(23(24)25)14-17(21)3/h4-14H,1-3H3. The van der Waals surface area contributed by atoms with Gasteiger partial charge in [-0.25, -0.2) is 0 Å². The molecule has 25 heavy (non-hydrogen) atoms. The highest BCUT2D eigenvalue weighted by atomic mass is 16.6. The van der Waals surface area contributed by atoms with Crippen molar-refractivity contribution in [2.75, 3.05) is 4.90 Å². The Morgan fingerprint density at radius 3 is 1.64 bits per heavy atom. The number of nitrogens with zero attached hydrogens (tertiary/aromatic N) is 2. The first kappa shape index (κ1) is 16.7. The summed E-state index contributed by atoms with van der Waals surface area (Å²) in [5.74, 6) is 0. The number of benzene rings is 3. The monoisotopic (exact) mass is 332 g/mol. The molecule has 0 N–H and O–H groups in total. The topological polar surface area (TPSA) is 46.4 Å². The third-order valence-electron chi connectivity index (χ3n) is 4.34. The fourth-order valence-corrected chi connectivity index (χ4v) is 3.02. The van der Waals surface area contributed by atoms with Crippen molar-refractivity contribution in [3.63, 3.8) is 0 Å². The van der Waals surface area contributed by atoms with Crippen molar-refractivity contribution >= 4 is 22.7 Å². The average molecular weight is 332 g/mol. The summed E-state index contributed by atoms with van der Waals surface area (Å²) < 4.78 is 0. The van der Waals surface area contributed by atoms with E-state index in [0.29, 0.717) is 0 Å². The lowest BCUT2D eigenvalue weighted by Gasteiger charge is -2.29. The zero-order chi connectivity index (χ0) is 18.0. The molecule has 0 saturated heterocycles. The second-order valence-corrected chi connectivity index (χ2v) is 6.14. The number of hydrogen-bond acceptors (Lipinski definition) is 3. The molecule has 126 valence electrons. The molecule has 0 spiro atoms. The van der Waals surface area contributed by atoms with Gasteiger partial charge in [-0.05, 0) is 55.7 Å². The van der Waals surface area contributed by atoms with Gasteiger partial charge in [-0.2, -0.15) is 0 Å². The molecule has 0 aromatic heterocycles. The Hall–Kier alpha value is -3.14. The zero-order valence-corrected chi connectivity index (χ0v) is 14.6. The van der Waals surface area contributed by atoms with Crippen LogP contribution in [-0.2, 0) is 0 Å². The van der Waals surface area contributed by atoms with Crippen LogP contribution in [0.1, 0.15) is 16.7 Å². The average Bonchev–Trinajstić information content (AvgIpc) is 2.59. The minimum atomic E-state index is -0.358. The Morgan fingerprint density at radius 2 is 1.20 bits per heavy atom. The van der Waals surface area contributed by atoms with Crippen molar-refractivity contribution in [1.82, 2.24) is 0 Å². The Balaban J connectivity index is 2.24. The molecular weight excluding hydrogens is 312 g/mol. The van der Waals surface area contributed by atoms with Crippen LogP contribution < -0.4 is 4.90 Å². The van der Waals surface area contributed by atoms with Gasteiger partial charge < -0.3 is 4.90 Å². The molecule has 3 rings (SSSR count). The highest BCUT2D eigenvalue weighted by Crippen LogP contribution is 2.40. The molecule has 0 aliphatic rings. The van der Waals surface area contributed by atoms with Crippen molar-refractivity contribution in [1.29, 1.82) is 0 Å². The maximum absolute atomic E-state index is 11.1. The predicted octanol–water partition coefficient (Wildman–Crippen LogP) is 5.99. The van der Waals surface area contributed by atoms with Gasteiger partial charge in [0.1, 0.15) is 0 Å². The molecular formula is C21H20N2O2. The van der Waals surface area contributed by atoms with E-state index in [2.05, 4.69) is 43.0 Å². The number of nitro groups is 1. The Bertz CT molecular complexity index is 889. The number of nitro benzene ring substituents is 1. The molecule has 0 fully saturated rings. The van der Waals surface area contributed by atoms with Crippen LogP contribution >= 0.6 is 0 Å². The Labute approximate surface area is 147 Å². The fourth-order valence-electron chi connectivity index (χ4n) is 3.02. The van der Waals surface area contributed by atoms with Gasteiger partial charge in [0.15, 0.2) is 0 Å². The minimum Gasteiger partial charge on any atom is -0.310 e. The van der Waals surface area contributed by atoms with Gasteiger partial charge in [-0.1, -0.05) is 36.4 Å². The molecule has 0 heterocycles. The van der Waals surface area contributed by atoms with Crippen LogP contribution in [0.5, 0.6) is 0 Å². The second-order valence-electron chi connectivity index (χ2n) is 6.14. The van der Waals surface area contributed by atoms with Crippen LogP contribution in [0.25, 0.3) is 0 Å². The predicted molar refractivity (Wildman–Crippen MR) is 102 cm³/mol. The van der Waals surface area contributed by atoms with Gasteiger partial charge in [0.25, 0.3) is 5.69 Å². The summed E-state index contributed by atoms with van der Waals surface area (Å²) in [5.41, 5.74) is 6.32. The van der Waals surface area contributed by atoms with Crippen molar-refractivity contribution < 1.29 is 4.92 Å². The molecule has 0 unspecified atom stereocenters. The fraction of sp³-hybridized carbons (Fsp3) is 0.143. The highest BCUT2D eigenvalue weighted by Gasteiger charge is 2.19. The van der Waals surface area contributed by atoms with Crippen LogP contribution in [-0.4, -0.2) is 4.92 Å². The van der Waals surface area contributed by atoms with Crippen molar-refractivity contribution in [2.45, 2.75) is 20.8 Å². The van der Waals surface area contributed by atoms with Gasteiger partial charge in [-0.3, -0.25) is 10.1 Å². The molecule has 0 bridgehead atoms. The van der Waals surface area contributed by atoms with E-state index in [1.54, 1.807) is 12.1 Å². The molecule has 4 heteroatoms. The first-order valence-corrected chi connectivity index (χ1v) is 8.15. The number of non-ortho nitro benzene ring substituents is 1. The van der Waals surface area contributed by atoms with E-state index < -0.39 is 0 Å². The van der Waals surface area contributed by atoms with E-state index in [4.69, 9.17) is 0 Å². The maximum atomic E-state index is 11.1. The van der Waals surface area contributed by atoms with Crippen LogP contribution in [0.4, 0.5) is 22.7 Å². The summed E-state index contributed by atoms with van der Waals surface area (Å²) in [5, 5.41) is 11.1. The van der Waals surface area contributed by atoms with Crippen molar-refractivity contribution in [3.8, 4) is 0 Å². The van der Waals surface area contributed by atoms with Crippen LogP contribution in [0.2, 0.25) is 0 Å². The van der Waals surface area contributed by atoms with Gasteiger partial charge in [0, 0.05) is 29.2 Å². The van der Waals surface area contributed by atoms with Crippen molar-refractivity contribution in [2.24, 2.45) is 0 Å². The maximum Gasteiger partial charge on any atom is 0.269 e. The summed E-state index contributed by atoms with van der Waals surface area (Å²) in [6.07, 6.45) is 0. The first-order chi connectivity index (χ1) is 12.0. The largest absolute Gasteiger partial charge is 0.310 e. The number of aryl methyl sites for hydroxylation is 3. The van der Waals surface area contributed by atoms with Crippen LogP contribution in [0, 0.1) is 30.9 Å². The summed E-state index contributed by atoms with van der Waals surface area (Å²) in [7, 11) is 0. The minimum absolute atomic E-state index is 0.107. The number of rotatable bonds is 4. The lowest BCUT2D eigenvalue weighted by atomic mass is 10.1. The summed E-state index contributed by atoms with van der Waals surface area (Å²) >= 11 is 0. The van der Waals surface area contributed by atoms with E-state index >= 15 is 0 Å². The van der Waals surface area contributed by atoms with Crippen LogP contribution in [0.3, 0.4) is 0 Å². The molecule has 3 aromatic carbocycles. The third kappa shape index (κ3) is 3.24. The van der Waals surface area contributed by atoms with Crippen LogP contribution in [0.15, 0.2) is 66.7 Å². The van der Waals surface area contributed by atoms with Gasteiger partial charge in [0.2, 0.25) is 0 Å². The smallest absolute Gasteiger partial charge is 0.269 e. The van der Waals surface area contributed by atoms with Gasteiger partial charge >= 0.3 is 0 Å². The molecule has 0 radical (unpaired) electrons. The third-order valence-corrected chi connectivity index (χ3v) is 4.34. The SMILES string of the molecule is Cc1ccccc1N(c1ccccc1C)c1ccc([N+](=O)[O-])cc1C. The lowest BCUT2D eigenvalue weighted by Crippen LogP contribution is -2.13. The van der Waals surface area contributed by atoms with Gasteiger partial charge in [0.05, 0.1) is 4.92 Å². The normalized spacial score (nSPS) is 10.5. The van der Waals surface area contributed by atoms with E-state index in [-0.39, 0.29) is 10.6 Å². The molecule has 0 aliphatic carbocycles. The summed E-state index contributed by atoms with van der Waals surface area (Å²) in [6, 6.07) is 21.3.